The van der Waals surface area contributed by atoms with E-state index in [9.17, 15) is 9.59 Å². The molecule has 0 aliphatic carbocycles. The van der Waals surface area contributed by atoms with Crippen LogP contribution in [-0.4, -0.2) is 36.0 Å². The Morgan fingerprint density at radius 2 is 2.29 bits per heavy atom. The molecule has 1 aliphatic rings. The van der Waals surface area contributed by atoms with Crippen molar-refractivity contribution in [3.63, 3.8) is 0 Å². The van der Waals surface area contributed by atoms with E-state index in [0.29, 0.717) is 25.0 Å². The molecule has 1 unspecified atom stereocenters. The van der Waals surface area contributed by atoms with Gasteiger partial charge in [0.15, 0.2) is 0 Å². The lowest BCUT2D eigenvalue weighted by Gasteiger charge is -2.19. The summed E-state index contributed by atoms with van der Waals surface area (Å²) in [5, 5.41) is 0. The van der Waals surface area contributed by atoms with E-state index in [0.717, 1.165) is 13.0 Å². The summed E-state index contributed by atoms with van der Waals surface area (Å²) < 4.78 is 5.25. The maximum atomic E-state index is 11.5. The van der Waals surface area contributed by atoms with Crippen molar-refractivity contribution in [1.82, 2.24) is 4.90 Å². The molecule has 96 valence electrons. The molecule has 1 saturated heterocycles. The Labute approximate surface area is 103 Å². The molecule has 0 spiro atoms. The highest BCUT2D eigenvalue weighted by Crippen LogP contribution is 2.12. The molecule has 17 heavy (non-hydrogen) atoms. The van der Waals surface area contributed by atoms with Crippen molar-refractivity contribution in [3.8, 4) is 0 Å². The summed E-state index contributed by atoms with van der Waals surface area (Å²) in [6, 6.07) is 0. The molecule has 0 aromatic carbocycles. The van der Waals surface area contributed by atoms with Crippen LogP contribution in [0.15, 0.2) is 11.6 Å². The molecule has 1 heterocycles. The summed E-state index contributed by atoms with van der Waals surface area (Å²) in [6.45, 7) is 6.93. The summed E-state index contributed by atoms with van der Waals surface area (Å²) in [5.74, 6) is -0.0547. The molecule has 1 rings (SSSR count). The monoisotopic (exact) mass is 239 g/mol. The Hall–Kier alpha value is -1.32. The Balaban J connectivity index is 2.27. The third kappa shape index (κ3) is 4.21. The first-order chi connectivity index (χ1) is 8.04. The quantitative estimate of drug-likeness (QED) is 0.543. The zero-order valence-corrected chi connectivity index (χ0v) is 10.9. The second-order valence-corrected chi connectivity index (χ2v) is 4.46. The van der Waals surface area contributed by atoms with Gasteiger partial charge in [0.2, 0.25) is 5.91 Å². The molecule has 0 aromatic heterocycles. The van der Waals surface area contributed by atoms with Gasteiger partial charge >= 0.3 is 5.97 Å². The van der Waals surface area contributed by atoms with E-state index >= 15 is 0 Å². The number of ether oxygens (including phenoxy) is 1. The van der Waals surface area contributed by atoms with E-state index in [4.69, 9.17) is 4.74 Å². The molecule has 4 nitrogen and oxygen atoms in total. The maximum absolute atomic E-state index is 11.5. The van der Waals surface area contributed by atoms with E-state index in [1.807, 2.05) is 18.7 Å². The van der Waals surface area contributed by atoms with Crippen LogP contribution in [0.4, 0.5) is 0 Å². The molecule has 0 bridgehead atoms. The minimum atomic E-state index is -0.271. The molecule has 0 radical (unpaired) electrons. The van der Waals surface area contributed by atoms with E-state index in [2.05, 4.69) is 0 Å². The first-order valence-electron chi connectivity index (χ1n) is 6.16. The van der Waals surface area contributed by atoms with Gasteiger partial charge in [0.25, 0.3) is 0 Å². The average Bonchev–Trinajstić information content (AvgIpc) is 2.71. The second-order valence-electron chi connectivity index (χ2n) is 4.46. The fourth-order valence-corrected chi connectivity index (χ4v) is 1.73. The lowest BCUT2D eigenvalue weighted by Crippen LogP contribution is -2.29. The first kappa shape index (κ1) is 13.7. The summed E-state index contributed by atoms with van der Waals surface area (Å²) >= 11 is 0. The maximum Gasteiger partial charge on any atom is 0.333 e. The first-order valence-corrected chi connectivity index (χ1v) is 6.16. The number of esters is 1. The second kappa shape index (κ2) is 6.42. The summed E-state index contributed by atoms with van der Waals surface area (Å²) in [5.41, 5.74) is 0.620. The number of nitrogens with zero attached hydrogens (tertiary/aromatic N) is 1. The van der Waals surface area contributed by atoms with Crippen molar-refractivity contribution in [2.45, 2.75) is 46.1 Å². The van der Waals surface area contributed by atoms with E-state index in [-0.39, 0.29) is 18.0 Å². The van der Waals surface area contributed by atoms with Crippen molar-refractivity contribution in [3.05, 3.63) is 11.6 Å². The van der Waals surface area contributed by atoms with E-state index in [1.165, 1.54) is 0 Å². The Kier molecular flexibility index (Phi) is 5.19. The van der Waals surface area contributed by atoms with Gasteiger partial charge in [-0.05, 0) is 27.2 Å². The van der Waals surface area contributed by atoms with Crippen LogP contribution in [-0.2, 0) is 14.3 Å². The van der Waals surface area contributed by atoms with Gasteiger partial charge in [-0.25, -0.2) is 4.79 Å². The number of carbonyl (C=O) groups excluding carboxylic acids is 2. The SMILES string of the molecule is C/C=C(\C)C(=O)OC(C)CCN1CCCC1=O. The van der Waals surface area contributed by atoms with E-state index < -0.39 is 0 Å². The van der Waals surface area contributed by atoms with Crippen molar-refractivity contribution < 1.29 is 14.3 Å². The van der Waals surface area contributed by atoms with Gasteiger partial charge in [0.1, 0.15) is 6.10 Å². The van der Waals surface area contributed by atoms with Gasteiger partial charge < -0.3 is 9.64 Å². The van der Waals surface area contributed by atoms with Crippen molar-refractivity contribution in [2.24, 2.45) is 0 Å². The number of hydrogen-bond donors (Lipinski definition) is 0. The smallest absolute Gasteiger partial charge is 0.333 e. The Bertz CT molecular complexity index is 323. The highest BCUT2D eigenvalue weighted by molar-refractivity contribution is 5.87. The van der Waals surface area contributed by atoms with Gasteiger partial charge in [0.05, 0.1) is 0 Å². The minimum absolute atomic E-state index is 0.147. The largest absolute Gasteiger partial charge is 0.459 e. The highest BCUT2D eigenvalue weighted by atomic mass is 16.5. The molecule has 0 saturated carbocycles. The third-order valence-electron chi connectivity index (χ3n) is 3.04. The number of allylic oxidation sites excluding steroid dienone is 1. The molecule has 1 atom stereocenters. The Morgan fingerprint density at radius 1 is 1.59 bits per heavy atom. The lowest BCUT2D eigenvalue weighted by atomic mass is 10.2. The van der Waals surface area contributed by atoms with Crippen LogP contribution >= 0.6 is 0 Å². The highest BCUT2D eigenvalue weighted by Gasteiger charge is 2.21. The van der Waals surface area contributed by atoms with Gasteiger partial charge in [0, 0.05) is 31.5 Å². The molecule has 0 N–H and O–H groups in total. The van der Waals surface area contributed by atoms with Gasteiger partial charge in [-0.15, -0.1) is 0 Å². The van der Waals surface area contributed by atoms with E-state index in [1.54, 1.807) is 13.0 Å². The van der Waals surface area contributed by atoms with Crippen LogP contribution in [0.25, 0.3) is 0 Å². The molecule has 1 aliphatic heterocycles. The number of likely N-dealkylation sites (tertiary alicyclic amines) is 1. The Morgan fingerprint density at radius 3 is 2.82 bits per heavy atom. The summed E-state index contributed by atoms with van der Waals surface area (Å²) in [4.78, 5) is 24.7. The van der Waals surface area contributed by atoms with Crippen LogP contribution in [0.5, 0.6) is 0 Å². The zero-order chi connectivity index (χ0) is 12.8. The lowest BCUT2D eigenvalue weighted by molar-refractivity contribution is -0.143. The fraction of sp³-hybridized carbons (Fsp3) is 0.692. The summed E-state index contributed by atoms with van der Waals surface area (Å²) in [7, 11) is 0. The van der Waals surface area contributed by atoms with Crippen LogP contribution in [0.1, 0.15) is 40.0 Å². The normalized spacial score (nSPS) is 18.4. The van der Waals surface area contributed by atoms with Crippen molar-refractivity contribution in [2.75, 3.05) is 13.1 Å². The molecule has 0 aromatic rings. The summed E-state index contributed by atoms with van der Waals surface area (Å²) in [6.07, 6.45) is 3.90. The molecule has 1 fully saturated rings. The number of amides is 1. The number of hydrogen-bond acceptors (Lipinski definition) is 3. The van der Waals surface area contributed by atoms with Gasteiger partial charge in [-0.3, -0.25) is 4.79 Å². The molecular weight excluding hydrogens is 218 g/mol. The minimum Gasteiger partial charge on any atom is -0.459 e. The predicted octanol–water partition coefficient (Wildman–Crippen LogP) is 1.90. The van der Waals surface area contributed by atoms with Crippen molar-refractivity contribution >= 4 is 11.9 Å². The third-order valence-corrected chi connectivity index (χ3v) is 3.04. The topological polar surface area (TPSA) is 46.6 Å². The standard InChI is InChI=1S/C13H21NO3/c1-4-10(2)13(16)17-11(3)7-9-14-8-5-6-12(14)15/h4,11H,5-9H2,1-3H3/b10-4+. The van der Waals surface area contributed by atoms with Crippen LogP contribution in [0, 0.1) is 0 Å². The molecule has 1 amide bonds. The van der Waals surface area contributed by atoms with Crippen LogP contribution in [0.3, 0.4) is 0 Å². The number of carbonyl (C=O) groups is 2. The fourth-order valence-electron chi connectivity index (χ4n) is 1.73. The molecular formula is C13H21NO3. The van der Waals surface area contributed by atoms with Gasteiger partial charge in [-0.2, -0.15) is 0 Å². The average molecular weight is 239 g/mol. The van der Waals surface area contributed by atoms with Crippen LogP contribution in [0.2, 0.25) is 0 Å². The van der Waals surface area contributed by atoms with Crippen LogP contribution < -0.4 is 0 Å². The van der Waals surface area contributed by atoms with Gasteiger partial charge in [-0.1, -0.05) is 6.08 Å². The van der Waals surface area contributed by atoms with Crippen molar-refractivity contribution in [1.29, 1.82) is 0 Å². The number of rotatable bonds is 5. The zero-order valence-electron chi connectivity index (χ0n) is 10.9. The predicted molar refractivity (Wildman–Crippen MR) is 65.4 cm³/mol. The molecule has 4 heteroatoms.